The lowest BCUT2D eigenvalue weighted by atomic mass is 10.2. The number of likely N-dealkylation sites (N-methyl/N-ethyl adjacent to an activating group) is 2. The Kier molecular flexibility index (Phi) is 8.70. The molecule has 0 heterocycles. The van der Waals surface area contributed by atoms with Crippen LogP contribution in [-0.2, 0) is 4.74 Å². The number of nitrogens with one attached hydrogen (secondary N) is 1. The first-order chi connectivity index (χ1) is 8.46. The summed E-state index contributed by atoms with van der Waals surface area (Å²) in [5.41, 5.74) is 2.70. The largest absolute Gasteiger partial charge is 0.382 e. The summed E-state index contributed by atoms with van der Waals surface area (Å²) in [6.45, 7) is 8.67. The van der Waals surface area contributed by atoms with Crippen molar-refractivity contribution in [1.82, 2.24) is 15.2 Å². The molecule has 6 nitrogen and oxygen atoms in total. The summed E-state index contributed by atoms with van der Waals surface area (Å²) in [7, 11) is 5.79. The smallest absolute Gasteiger partial charge is 0.209 e. The van der Waals surface area contributed by atoms with Gasteiger partial charge in [-0.2, -0.15) is 0 Å². The Labute approximate surface area is 111 Å². The third-order valence-corrected chi connectivity index (χ3v) is 2.65. The van der Waals surface area contributed by atoms with Crippen LogP contribution >= 0.6 is 0 Å². The highest BCUT2D eigenvalue weighted by Gasteiger charge is 2.17. The van der Waals surface area contributed by atoms with E-state index in [0.717, 1.165) is 19.0 Å². The van der Waals surface area contributed by atoms with E-state index < -0.39 is 0 Å². The zero-order valence-corrected chi connectivity index (χ0v) is 12.6. The number of hydrogen-bond donors (Lipinski definition) is 2. The minimum Gasteiger partial charge on any atom is -0.382 e. The van der Waals surface area contributed by atoms with E-state index in [-0.39, 0.29) is 6.04 Å². The Morgan fingerprint density at radius 3 is 2.39 bits per heavy atom. The maximum absolute atomic E-state index is 5.59. The van der Waals surface area contributed by atoms with Gasteiger partial charge in [-0.25, -0.2) is 10.8 Å². The molecule has 0 aliphatic heterocycles. The predicted molar refractivity (Wildman–Crippen MR) is 76.5 cm³/mol. The molecule has 18 heavy (non-hydrogen) atoms. The lowest BCUT2D eigenvalue weighted by Crippen LogP contribution is -2.51. The summed E-state index contributed by atoms with van der Waals surface area (Å²) < 4.78 is 5.08. The Balaban J connectivity index is 4.75. The topological polar surface area (TPSA) is 66.1 Å². The van der Waals surface area contributed by atoms with Crippen molar-refractivity contribution in [3.05, 3.63) is 0 Å². The minimum atomic E-state index is 0.0849. The molecular formula is C12H29N5O. The van der Waals surface area contributed by atoms with Crippen LogP contribution in [0.1, 0.15) is 20.8 Å². The van der Waals surface area contributed by atoms with Crippen molar-refractivity contribution in [2.75, 3.05) is 40.9 Å². The van der Waals surface area contributed by atoms with Gasteiger partial charge in [0.25, 0.3) is 0 Å². The van der Waals surface area contributed by atoms with Crippen LogP contribution in [0.15, 0.2) is 4.99 Å². The Bertz CT molecular complexity index is 245. The van der Waals surface area contributed by atoms with E-state index >= 15 is 0 Å². The number of rotatable bonds is 7. The first-order valence-electron chi connectivity index (χ1n) is 6.40. The molecule has 0 amide bonds. The fourth-order valence-electron chi connectivity index (χ4n) is 1.98. The van der Waals surface area contributed by atoms with Crippen LogP contribution in [0.5, 0.6) is 0 Å². The summed E-state index contributed by atoms with van der Waals surface area (Å²) in [6.07, 6.45) is 0. The molecule has 0 aromatic carbocycles. The van der Waals surface area contributed by atoms with Gasteiger partial charge in [0, 0.05) is 26.2 Å². The summed E-state index contributed by atoms with van der Waals surface area (Å²) in [5, 5.41) is 0. The third-order valence-electron chi connectivity index (χ3n) is 2.65. The molecular weight excluding hydrogens is 230 g/mol. The molecule has 0 aromatic heterocycles. The van der Waals surface area contributed by atoms with Crippen molar-refractivity contribution in [1.29, 1.82) is 0 Å². The third kappa shape index (κ3) is 6.18. The molecule has 0 aliphatic carbocycles. The highest BCUT2D eigenvalue weighted by molar-refractivity contribution is 5.79. The second-order valence-corrected chi connectivity index (χ2v) is 4.80. The zero-order valence-electron chi connectivity index (χ0n) is 12.6. The van der Waals surface area contributed by atoms with Crippen molar-refractivity contribution < 1.29 is 4.74 Å². The lowest BCUT2D eigenvalue weighted by Gasteiger charge is -2.32. The van der Waals surface area contributed by atoms with Gasteiger partial charge in [-0.1, -0.05) is 0 Å². The van der Waals surface area contributed by atoms with Gasteiger partial charge in [-0.3, -0.25) is 5.43 Å². The van der Waals surface area contributed by atoms with Gasteiger partial charge >= 0.3 is 0 Å². The number of nitrogens with two attached hydrogens (primary N) is 1. The molecule has 0 saturated heterocycles. The fraction of sp³-hybridized carbons (Fsp3) is 0.917. The molecule has 0 bridgehead atoms. The van der Waals surface area contributed by atoms with Crippen LogP contribution in [0.25, 0.3) is 0 Å². The van der Waals surface area contributed by atoms with Crippen LogP contribution in [-0.4, -0.2) is 68.7 Å². The van der Waals surface area contributed by atoms with Gasteiger partial charge in [0.15, 0.2) is 0 Å². The molecule has 108 valence electrons. The van der Waals surface area contributed by atoms with E-state index in [9.17, 15) is 0 Å². The number of nitrogens with zero attached hydrogens (tertiary/aromatic N) is 3. The lowest BCUT2D eigenvalue weighted by molar-refractivity contribution is 0.184. The number of hydrogen-bond acceptors (Lipinski definition) is 4. The zero-order chi connectivity index (χ0) is 14.1. The summed E-state index contributed by atoms with van der Waals surface area (Å²) in [6, 6.07) is 0.427. The van der Waals surface area contributed by atoms with Gasteiger partial charge in [0.1, 0.15) is 0 Å². The SMILES string of the molecule is CCN(C(=NC(C)COC)NN)C(C)CN(C)C. The van der Waals surface area contributed by atoms with Crippen molar-refractivity contribution >= 4 is 5.96 Å². The van der Waals surface area contributed by atoms with Crippen molar-refractivity contribution in [3.8, 4) is 0 Å². The van der Waals surface area contributed by atoms with Gasteiger partial charge in [-0.15, -0.1) is 0 Å². The van der Waals surface area contributed by atoms with Gasteiger partial charge in [0.2, 0.25) is 5.96 Å². The van der Waals surface area contributed by atoms with E-state index in [4.69, 9.17) is 10.6 Å². The number of ether oxygens (including phenoxy) is 1. The van der Waals surface area contributed by atoms with Crippen molar-refractivity contribution in [2.24, 2.45) is 10.8 Å². The Morgan fingerprint density at radius 2 is 2.00 bits per heavy atom. The second kappa shape index (κ2) is 9.13. The number of guanidine groups is 1. The van der Waals surface area contributed by atoms with E-state index in [2.05, 4.69) is 48.2 Å². The van der Waals surface area contributed by atoms with Crippen molar-refractivity contribution in [3.63, 3.8) is 0 Å². The highest BCUT2D eigenvalue weighted by Crippen LogP contribution is 2.02. The van der Waals surface area contributed by atoms with Gasteiger partial charge < -0.3 is 14.5 Å². The summed E-state index contributed by atoms with van der Waals surface area (Å²) >= 11 is 0. The first-order valence-corrected chi connectivity index (χ1v) is 6.40. The number of hydrazine groups is 1. The normalized spacial score (nSPS) is 15.7. The Morgan fingerprint density at radius 1 is 1.39 bits per heavy atom. The van der Waals surface area contributed by atoms with Crippen LogP contribution in [0, 0.1) is 0 Å². The molecule has 0 aromatic rings. The molecule has 3 N–H and O–H groups in total. The molecule has 2 atom stereocenters. The van der Waals surface area contributed by atoms with Crippen LogP contribution in [0.4, 0.5) is 0 Å². The highest BCUT2D eigenvalue weighted by atomic mass is 16.5. The number of aliphatic imine (C=N–C) groups is 1. The monoisotopic (exact) mass is 259 g/mol. The van der Waals surface area contributed by atoms with E-state index in [0.29, 0.717) is 12.6 Å². The summed E-state index contributed by atoms with van der Waals surface area (Å²) in [5.74, 6) is 6.30. The summed E-state index contributed by atoms with van der Waals surface area (Å²) in [4.78, 5) is 8.86. The molecule has 0 saturated carbocycles. The number of methoxy groups -OCH3 is 1. The van der Waals surface area contributed by atoms with E-state index in [1.54, 1.807) is 7.11 Å². The average molecular weight is 259 g/mol. The fourth-order valence-corrected chi connectivity index (χ4v) is 1.98. The standard InChI is InChI=1S/C12H29N5O/c1-7-17(11(3)8-16(4)5)12(15-13)14-10(2)9-18-6/h10-11H,7-9,13H2,1-6H3,(H,14,15). The van der Waals surface area contributed by atoms with Crippen LogP contribution in [0.3, 0.4) is 0 Å². The predicted octanol–water partition coefficient (Wildman–Crippen LogP) is 0.113. The first kappa shape index (κ1) is 17.2. The average Bonchev–Trinajstić information content (AvgIpc) is 2.27. The Hall–Kier alpha value is -0.850. The molecule has 6 heteroatoms. The van der Waals surface area contributed by atoms with Crippen molar-refractivity contribution in [2.45, 2.75) is 32.9 Å². The minimum absolute atomic E-state index is 0.0849. The molecule has 2 unspecified atom stereocenters. The van der Waals surface area contributed by atoms with Crippen LogP contribution < -0.4 is 11.3 Å². The van der Waals surface area contributed by atoms with Gasteiger partial charge in [-0.05, 0) is 34.9 Å². The maximum atomic E-state index is 5.59. The van der Waals surface area contributed by atoms with E-state index in [1.807, 2.05) is 6.92 Å². The maximum Gasteiger partial charge on any atom is 0.209 e. The quantitative estimate of drug-likeness (QED) is 0.294. The molecule has 0 fully saturated rings. The molecule has 0 spiro atoms. The van der Waals surface area contributed by atoms with Gasteiger partial charge in [0.05, 0.1) is 12.6 Å². The van der Waals surface area contributed by atoms with Crippen LogP contribution in [0.2, 0.25) is 0 Å². The molecule has 0 rings (SSSR count). The molecule has 0 radical (unpaired) electrons. The molecule has 0 aliphatic rings. The van der Waals surface area contributed by atoms with E-state index in [1.165, 1.54) is 0 Å². The second-order valence-electron chi connectivity index (χ2n) is 4.80.